The second-order valence-electron chi connectivity index (χ2n) is 7.26. The van der Waals surface area contributed by atoms with Gasteiger partial charge in [-0.15, -0.1) is 13.2 Å². The Morgan fingerprint density at radius 3 is 2.18 bits per heavy atom. The zero-order chi connectivity index (χ0) is 24.8. The third-order valence-electron chi connectivity index (χ3n) is 4.91. The molecular weight excluding hydrogens is 497 g/mol. The largest absolute Gasteiger partial charge is 0.573 e. The lowest BCUT2D eigenvalue weighted by Crippen LogP contribution is -2.30. The van der Waals surface area contributed by atoms with E-state index in [-0.39, 0.29) is 27.4 Å². The average Bonchev–Trinajstić information content (AvgIpc) is 2.97. The van der Waals surface area contributed by atoms with E-state index >= 15 is 0 Å². The molecule has 0 unspecified atom stereocenters. The molecule has 1 aliphatic rings. The molecule has 7 nitrogen and oxygen atoms in total. The molecule has 4 rings (SSSR count). The van der Waals surface area contributed by atoms with Gasteiger partial charge in [0.25, 0.3) is 21.8 Å². The quantitative estimate of drug-likeness (QED) is 0.479. The maximum absolute atomic E-state index is 12.8. The summed E-state index contributed by atoms with van der Waals surface area (Å²) in [5.74, 6) is -1.65. The number of benzene rings is 3. The van der Waals surface area contributed by atoms with Crippen molar-refractivity contribution in [2.24, 2.45) is 0 Å². The zero-order valence-corrected chi connectivity index (χ0v) is 18.8. The standard InChI is InChI=1S/C22H14ClF3N2O5S/c1-12-10-14(27-34(31,32)16-6-4-15(5-7-16)33-22(24,25)26)3-9-19(12)28-20(29)17-8-2-13(23)11-18(17)21(28)30/h2-11,27H,1H3. The number of nitrogens with one attached hydrogen (secondary N) is 1. The van der Waals surface area contributed by atoms with Crippen LogP contribution in [-0.2, 0) is 10.0 Å². The van der Waals surface area contributed by atoms with Crippen molar-refractivity contribution < 1.29 is 35.9 Å². The topological polar surface area (TPSA) is 92.8 Å². The van der Waals surface area contributed by atoms with Gasteiger partial charge in [-0.1, -0.05) is 11.6 Å². The van der Waals surface area contributed by atoms with Crippen molar-refractivity contribution in [1.82, 2.24) is 0 Å². The second kappa shape index (κ2) is 8.33. The van der Waals surface area contributed by atoms with Crippen molar-refractivity contribution in [1.29, 1.82) is 0 Å². The Bertz CT molecular complexity index is 1420. The van der Waals surface area contributed by atoms with Crippen molar-refractivity contribution in [3.63, 3.8) is 0 Å². The van der Waals surface area contributed by atoms with Gasteiger partial charge in [0, 0.05) is 10.7 Å². The minimum Gasteiger partial charge on any atom is -0.406 e. The molecule has 0 fully saturated rings. The van der Waals surface area contributed by atoms with Gasteiger partial charge in [-0.3, -0.25) is 14.3 Å². The Morgan fingerprint density at radius 1 is 0.912 bits per heavy atom. The number of amides is 2. The molecule has 0 radical (unpaired) electrons. The van der Waals surface area contributed by atoms with Crippen LogP contribution in [0.3, 0.4) is 0 Å². The van der Waals surface area contributed by atoms with Crippen LogP contribution in [-0.4, -0.2) is 26.6 Å². The van der Waals surface area contributed by atoms with Gasteiger partial charge in [0.05, 0.1) is 21.7 Å². The molecule has 1 N–H and O–H groups in total. The molecule has 176 valence electrons. The fourth-order valence-corrected chi connectivity index (χ4v) is 4.66. The highest BCUT2D eigenvalue weighted by molar-refractivity contribution is 7.92. The fourth-order valence-electron chi connectivity index (χ4n) is 3.44. The van der Waals surface area contributed by atoms with Crippen LogP contribution in [0.5, 0.6) is 5.75 Å². The summed E-state index contributed by atoms with van der Waals surface area (Å²) in [6.07, 6.45) is -4.90. The van der Waals surface area contributed by atoms with Crippen molar-refractivity contribution in [2.45, 2.75) is 18.2 Å². The number of halogens is 4. The van der Waals surface area contributed by atoms with Crippen LogP contribution in [0.25, 0.3) is 0 Å². The number of alkyl halides is 3. The summed E-state index contributed by atoms with van der Waals surface area (Å²) >= 11 is 5.93. The number of anilines is 2. The minimum absolute atomic E-state index is 0.122. The van der Waals surface area contributed by atoms with E-state index in [0.29, 0.717) is 10.6 Å². The Morgan fingerprint density at radius 2 is 1.56 bits per heavy atom. The van der Waals surface area contributed by atoms with Gasteiger partial charge in [-0.05, 0) is 73.2 Å². The molecule has 0 saturated heterocycles. The molecular formula is C22H14ClF3N2O5S. The molecule has 34 heavy (non-hydrogen) atoms. The lowest BCUT2D eigenvalue weighted by molar-refractivity contribution is -0.274. The van der Waals surface area contributed by atoms with Crippen molar-refractivity contribution in [3.05, 3.63) is 82.4 Å². The summed E-state index contributed by atoms with van der Waals surface area (Å²) in [4.78, 5) is 26.2. The predicted molar refractivity (Wildman–Crippen MR) is 118 cm³/mol. The van der Waals surface area contributed by atoms with Crippen molar-refractivity contribution in [2.75, 3.05) is 9.62 Å². The minimum atomic E-state index is -4.90. The third-order valence-corrected chi connectivity index (χ3v) is 6.54. The first-order valence-corrected chi connectivity index (χ1v) is 11.4. The molecule has 0 bridgehead atoms. The summed E-state index contributed by atoms with van der Waals surface area (Å²) in [5, 5.41) is 0.307. The lowest BCUT2D eigenvalue weighted by atomic mass is 10.1. The summed E-state index contributed by atoms with van der Waals surface area (Å²) in [5.41, 5.74) is 1.18. The monoisotopic (exact) mass is 510 g/mol. The second-order valence-corrected chi connectivity index (χ2v) is 9.38. The molecule has 1 aliphatic heterocycles. The number of aryl methyl sites for hydroxylation is 1. The molecule has 0 atom stereocenters. The van der Waals surface area contributed by atoms with Gasteiger partial charge in [0.15, 0.2) is 0 Å². The van der Waals surface area contributed by atoms with E-state index < -0.39 is 33.9 Å². The molecule has 0 saturated carbocycles. The average molecular weight is 511 g/mol. The highest BCUT2D eigenvalue weighted by Gasteiger charge is 2.37. The Kier molecular flexibility index (Phi) is 5.78. The normalized spacial score (nSPS) is 13.7. The first kappa shape index (κ1) is 23.6. The summed E-state index contributed by atoms with van der Waals surface area (Å²) < 4.78 is 68.2. The van der Waals surface area contributed by atoms with Crippen LogP contribution in [0.1, 0.15) is 26.3 Å². The number of ether oxygens (including phenoxy) is 1. The first-order valence-electron chi connectivity index (χ1n) is 9.53. The molecule has 0 aliphatic carbocycles. The van der Waals surface area contributed by atoms with Crippen LogP contribution in [0.4, 0.5) is 24.5 Å². The molecule has 3 aromatic carbocycles. The SMILES string of the molecule is Cc1cc(NS(=O)(=O)c2ccc(OC(F)(F)F)cc2)ccc1N1C(=O)c2ccc(Cl)cc2C1=O. The Hall–Kier alpha value is -3.57. The van der Waals surface area contributed by atoms with Gasteiger partial charge in [0.1, 0.15) is 5.75 Å². The lowest BCUT2D eigenvalue weighted by Gasteiger charge is -2.18. The van der Waals surface area contributed by atoms with Crippen LogP contribution in [0.2, 0.25) is 5.02 Å². The maximum Gasteiger partial charge on any atom is 0.573 e. The molecule has 0 aromatic heterocycles. The predicted octanol–water partition coefficient (Wildman–Crippen LogP) is 5.15. The van der Waals surface area contributed by atoms with Gasteiger partial charge < -0.3 is 4.74 Å². The van der Waals surface area contributed by atoms with Gasteiger partial charge in [-0.25, -0.2) is 13.3 Å². The van der Waals surface area contributed by atoms with E-state index in [9.17, 15) is 31.2 Å². The number of hydrogen-bond donors (Lipinski definition) is 1. The number of hydrogen-bond acceptors (Lipinski definition) is 5. The van der Waals surface area contributed by atoms with E-state index in [0.717, 1.165) is 29.2 Å². The number of fused-ring (bicyclic) bond motifs is 1. The molecule has 1 heterocycles. The molecule has 12 heteroatoms. The fraction of sp³-hybridized carbons (Fsp3) is 0.0909. The maximum atomic E-state index is 12.8. The molecule has 2 amide bonds. The first-order chi connectivity index (χ1) is 15.9. The van der Waals surface area contributed by atoms with Crippen LogP contribution in [0, 0.1) is 6.92 Å². The van der Waals surface area contributed by atoms with Crippen LogP contribution < -0.4 is 14.4 Å². The summed E-state index contributed by atoms with van der Waals surface area (Å²) in [6.45, 7) is 1.59. The number of nitrogens with zero attached hydrogens (tertiary/aromatic N) is 1. The van der Waals surface area contributed by atoms with Crippen LogP contribution in [0.15, 0.2) is 65.6 Å². The third kappa shape index (κ3) is 4.57. The Balaban J connectivity index is 1.56. The number of imide groups is 1. The van der Waals surface area contributed by atoms with Crippen LogP contribution >= 0.6 is 11.6 Å². The number of rotatable bonds is 5. The zero-order valence-electron chi connectivity index (χ0n) is 17.2. The summed E-state index contributed by atoms with van der Waals surface area (Å²) in [6, 6.07) is 12.3. The summed E-state index contributed by atoms with van der Waals surface area (Å²) in [7, 11) is -4.14. The Labute approximate surface area is 196 Å². The van der Waals surface area contributed by atoms with Gasteiger partial charge in [-0.2, -0.15) is 0 Å². The highest BCUT2D eigenvalue weighted by Crippen LogP contribution is 2.33. The molecule has 0 spiro atoms. The van der Waals surface area contributed by atoms with E-state index in [1.807, 2.05) is 0 Å². The number of carbonyl (C=O) groups excluding carboxylic acids is 2. The van der Waals surface area contributed by atoms with E-state index in [1.165, 1.54) is 36.4 Å². The van der Waals surface area contributed by atoms with E-state index in [4.69, 9.17) is 11.6 Å². The molecule has 3 aromatic rings. The number of carbonyl (C=O) groups is 2. The van der Waals surface area contributed by atoms with Crippen molar-refractivity contribution >= 4 is 44.8 Å². The highest BCUT2D eigenvalue weighted by atomic mass is 35.5. The van der Waals surface area contributed by atoms with E-state index in [2.05, 4.69) is 9.46 Å². The number of sulfonamides is 1. The van der Waals surface area contributed by atoms with E-state index in [1.54, 1.807) is 6.92 Å². The van der Waals surface area contributed by atoms with Gasteiger partial charge in [0.2, 0.25) is 0 Å². The van der Waals surface area contributed by atoms with Gasteiger partial charge >= 0.3 is 6.36 Å². The van der Waals surface area contributed by atoms with Crippen molar-refractivity contribution in [3.8, 4) is 5.75 Å². The smallest absolute Gasteiger partial charge is 0.406 e.